The minimum absolute atomic E-state index is 0.258. The Morgan fingerprint density at radius 2 is 1.93 bits per heavy atom. The van der Waals surface area contributed by atoms with Crippen molar-refractivity contribution >= 4 is 17.7 Å². The zero-order chi connectivity index (χ0) is 20.3. The fourth-order valence-electron chi connectivity index (χ4n) is 3.03. The van der Waals surface area contributed by atoms with Crippen LogP contribution in [0.3, 0.4) is 0 Å². The molecule has 2 aromatic carbocycles. The highest BCUT2D eigenvalue weighted by atomic mass is 19.1. The molecule has 0 fully saturated rings. The normalized spacial score (nSPS) is 11.5. The van der Waals surface area contributed by atoms with E-state index in [0.717, 1.165) is 28.0 Å². The zero-order valence-corrected chi connectivity index (χ0v) is 16.0. The van der Waals surface area contributed by atoms with E-state index in [1.165, 1.54) is 6.07 Å². The van der Waals surface area contributed by atoms with Crippen LogP contribution in [0.15, 0.2) is 58.7 Å². The van der Waals surface area contributed by atoms with Crippen LogP contribution in [0.5, 0.6) is 0 Å². The van der Waals surface area contributed by atoms with Gasteiger partial charge in [-0.15, -0.1) is 0 Å². The molecule has 5 heteroatoms. The van der Waals surface area contributed by atoms with E-state index in [9.17, 15) is 9.18 Å². The molecule has 0 amide bonds. The highest BCUT2D eigenvalue weighted by molar-refractivity contribution is 5.92. The van der Waals surface area contributed by atoms with Crippen LogP contribution < -0.4 is 5.32 Å². The van der Waals surface area contributed by atoms with E-state index >= 15 is 0 Å². The maximum absolute atomic E-state index is 14.8. The van der Waals surface area contributed by atoms with Gasteiger partial charge in [-0.25, -0.2) is 9.18 Å². The van der Waals surface area contributed by atoms with E-state index in [1.54, 1.807) is 25.3 Å². The summed E-state index contributed by atoms with van der Waals surface area (Å²) in [5.74, 6) is -0.502. The van der Waals surface area contributed by atoms with Gasteiger partial charge in [0.2, 0.25) is 0 Å². The number of benzene rings is 2. The van der Waals surface area contributed by atoms with Crippen LogP contribution in [0.1, 0.15) is 29.4 Å². The maximum atomic E-state index is 14.8. The first-order valence-corrected chi connectivity index (χ1v) is 8.94. The van der Waals surface area contributed by atoms with Crippen molar-refractivity contribution in [3.63, 3.8) is 0 Å². The summed E-state index contributed by atoms with van der Waals surface area (Å²) in [6, 6.07) is 12.5. The first kappa shape index (κ1) is 19.4. The summed E-state index contributed by atoms with van der Waals surface area (Å²) in [7, 11) is 0. The largest absolute Gasteiger partial charge is 0.478 e. The highest BCUT2D eigenvalue weighted by Crippen LogP contribution is 2.31. The number of aryl methyl sites for hydroxylation is 2. The number of aliphatic carboxylic acids is 1. The summed E-state index contributed by atoms with van der Waals surface area (Å²) in [6.45, 7) is 5.82. The minimum atomic E-state index is -0.954. The summed E-state index contributed by atoms with van der Waals surface area (Å²) >= 11 is 0. The molecule has 1 aromatic heterocycles. The number of hydrogen-bond acceptors (Lipinski definition) is 3. The topological polar surface area (TPSA) is 62.5 Å². The molecular formula is C23H22FNO3. The molecule has 1 heterocycles. The highest BCUT2D eigenvalue weighted by Gasteiger charge is 2.12. The first-order valence-electron chi connectivity index (χ1n) is 8.94. The number of carboxylic acids is 1. The lowest BCUT2D eigenvalue weighted by atomic mass is 9.93. The molecule has 0 saturated heterocycles. The van der Waals surface area contributed by atoms with Crippen molar-refractivity contribution in [2.24, 2.45) is 0 Å². The van der Waals surface area contributed by atoms with Gasteiger partial charge in [-0.3, -0.25) is 0 Å². The van der Waals surface area contributed by atoms with Crippen LogP contribution in [0, 0.1) is 19.7 Å². The number of furan rings is 1. The third kappa shape index (κ3) is 4.31. The predicted octanol–water partition coefficient (Wildman–Crippen LogP) is 5.80. The third-order valence-electron chi connectivity index (χ3n) is 4.63. The lowest BCUT2D eigenvalue weighted by Gasteiger charge is -2.13. The molecule has 0 aliphatic rings. The quantitative estimate of drug-likeness (QED) is 0.531. The molecule has 144 valence electrons. The van der Waals surface area contributed by atoms with Crippen LogP contribution in [-0.2, 0) is 11.3 Å². The second kappa shape index (κ2) is 8.13. The fourth-order valence-corrected chi connectivity index (χ4v) is 3.03. The van der Waals surface area contributed by atoms with Crippen LogP contribution in [-0.4, -0.2) is 11.1 Å². The van der Waals surface area contributed by atoms with E-state index in [-0.39, 0.29) is 11.4 Å². The monoisotopic (exact) mass is 379 g/mol. The van der Waals surface area contributed by atoms with Crippen molar-refractivity contribution in [3.8, 4) is 11.1 Å². The predicted molar refractivity (Wildman–Crippen MR) is 109 cm³/mol. The molecule has 3 aromatic rings. The maximum Gasteiger partial charge on any atom is 0.331 e. The van der Waals surface area contributed by atoms with Crippen molar-refractivity contribution in [3.05, 3.63) is 82.6 Å². The Hall–Kier alpha value is -3.34. The molecule has 3 rings (SSSR count). The average molecular weight is 379 g/mol. The lowest BCUT2D eigenvalue weighted by molar-refractivity contribution is -0.132. The van der Waals surface area contributed by atoms with Crippen LogP contribution in [0.25, 0.3) is 17.2 Å². The minimum Gasteiger partial charge on any atom is -0.478 e. The fraction of sp³-hybridized carbons (Fsp3) is 0.174. The summed E-state index contributed by atoms with van der Waals surface area (Å²) in [6.07, 6.45) is 3.23. The second-order valence-electron chi connectivity index (χ2n) is 6.78. The number of carboxylic acid groups (broad SMARTS) is 1. The number of carbonyl (C=O) groups is 1. The van der Waals surface area contributed by atoms with Crippen molar-refractivity contribution in [1.82, 2.24) is 0 Å². The van der Waals surface area contributed by atoms with E-state index in [0.29, 0.717) is 17.8 Å². The summed E-state index contributed by atoms with van der Waals surface area (Å²) in [5.41, 5.74) is 4.81. The molecule has 0 unspecified atom stereocenters. The van der Waals surface area contributed by atoms with Gasteiger partial charge in [-0.1, -0.05) is 12.1 Å². The Bertz CT molecular complexity index is 1040. The van der Waals surface area contributed by atoms with Gasteiger partial charge in [0, 0.05) is 16.8 Å². The zero-order valence-electron chi connectivity index (χ0n) is 16.0. The van der Waals surface area contributed by atoms with E-state index in [1.807, 2.05) is 44.2 Å². The van der Waals surface area contributed by atoms with Crippen molar-refractivity contribution in [1.29, 1.82) is 0 Å². The smallest absolute Gasteiger partial charge is 0.331 e. The lowest BCUT2D eigenvalue weighted by Crippen LogP contribution is -2.00. The Labute approximate surface area is 163 Å². The molecule has 4 nitrogen and oxygen atoms in total. The van der Waals surface area contributed by atoms with Gasteiger partial charge < -0.3 is 14.8 Å². The molecule has 0 bridgehead atoms. The number of rotatable bonds is 6. The molecule has 0 radical (unpaired) electrons. The van der Waals surface area contributed by atoms with Gasteiger partial charge in [0.25, 0.3) is 0 Å². The Morgan fingerprint density at radius 3 is 2.57 bits per heavy atom. The number of anilines is 1. The van der Waals surface area contributed by atoms with E-state index < -0.39 is 5.97 Å². The van der Waals surface area contributed by atoms with E-state index in [4.69, 9.17) is 9.52 Å². The number of halogens is 1. The van der Waals surface area contributed by atoms with E-state index in [2.05, 4.69) is 5.32 Å². The van der Waals surface area contributed by atoms with Gasteiger partial charge in [0.1, 0.15) is 11.6 Å². The Kier molecular flexibility index (Phi) is 5.64. The molecular weight excluding hydrogens is 357 g/mol. The van der Waals surface area contributed by atoms with Gasteiger partial charge >= 0.3 is 5.97 Å². The Balaban J connectivity index is 1.87. The molecule has 28 heavy (non-hydrogen) atoms. The van der Waals surface area contributed by atoms with Crippen LogP contribution in [0.4, 0.5) is 10.1 Å². The summed E-state index contributed by atoms with van der Waals surface area (Å²) in [5, 5.41) is 12.2. The Morgan fingerprint density at radius 1 is 1.14 bits per heavy atom. The van der Waals surface area contributed by atoms with Gasteiger partial charge in [-0.05, 0) is 79.4 Å². The molecule has 2 N–H and O–H groups in total. The molecule has 0 aliphatic carbocycles. The number of hydrogen-bond donors (Lipinski definition) is 2. The molecule has 0 atom stereocenters. The standard InChI is InChI=1S/C23H22FNO3/c1-14-11-21(15(2)9-17(14)10-16(3)23(26)27)20-7-6-18(12-22(20)24)25-13-19-5-4-8-28-19/h4-12,25H,13H2,1-3H3,(H,26,27). The van der Waals surface area contributed by atoms with Crippen molar-refractivity contribution in [2.45, 2.75) is 27.3 Å². The molecule has 0 saturated carbocycles. The second-order valence-corrected chi connectivity index (χ2v) is 6.78. The third-order valence-corrected chi connectivity index (χ3v) is 4.63. The van der Waals surface area contributed by atoms with Crippen LogP contribution in [0.2, 0.25) is 0 Å². The SMILES string of the molecule is CC(=Cc1cc(C)c(-c2ccc(NCc3ccco3)cc2F)cc1C)C(=O)O. The van der Waals surface area contributed by atoms with Crippen molar-refractivity contribution in [2.75, 3.05) is 5.32 Å². The molecule has 0 spiro atoms. The van der Waals surface area contributed by atoms with Gasteiger partial charge in [0.05, 0.1) is 12.8 Å². The van der Waals surface area contributed by atoms with Gasteiger partial charge in [0.15, 0.2) is 0 Å². The van der Waals surface area contributed by atoms with Crippen LogP contribution >= 0.6 is 0 Å². The first-order chi connectivity index (χ1) is 13.3. The van der Waals surface area contributed by atoms with Gasteiger partial charge in [-0.2, -0.15) is 0 Å². The van der Waals surface area contributed by atoms with Crippen molar-refractivity contribution < 1.29 is 18.7 Å². The number of nitrogens with one attached hydrogen (secondary N) is 1. The summed E-state index contributed by atoms with van der Waals surface area (Å²) < 4.78 is 20.0. The average Bonchev–Trinajstić information content (AvgIpc) is 3.16. The molecule has 0 aliphatic heterocycles. The summed E-state index contributed by atoms with van der Waals surface area (Å²) in [4.78, 5) is 11.1.